The predicted molar refractivity (Wildman–Crippen MR) is 129 cm³/mol. The highest BCUT2D eigenvalue weighted by molar-refractivity contribution is 7.99. The zero-order valence-corrected chi connectivity index (χ0v) is 19.6. The average molecular weight is 443 g/mol. The molecule has 5 heteroatoms. The normalized spacial score (nSPS) is 17.9. The molecule has 1 aliphatic carbocycles. The van der Waals surface area contributed by atoms with Crippen molar-refractivity contribution in [3.05, 3.63) is 82.7 Å². The van der Waals surface area contributed by atoms with E-state index in [1.807, 2.05) is 18.2 Å². The van der Waals surface area contributed by atoms with Crippen molar-refractivity contribution in [1.82, 2.24) is 4.98 Å². The van der Waals surface area contributed by atoms with Crippen LogP contribution in [0.5, 0.6) is 0 Å². The Kier molecular flexibility index (Phi) is 4.79. The Morgan fingerprint density at radius 1 is 0.938 bits per heavy atom. The highest BCUT2D eigenvalue weighted by Crippen LogP contribution is 2.50. The minimum absolute atomic E-state index is 0.0788. The molecule has 0 fully saturated rings. The zero-order valence-electron chi connectivity index (χ0n) is 18.8. The lowest BCUT2D eigenvalue weighted by atomic mass is 9.63. The topological polar surface area (TPSA) is 62.5 Å². The van der Waals surface area contributed by atoms with E-state index in [1.54, 1.807) is 23.9 Å². The van der Waals surface area contributed by atoms with E-state index >= 15 is 0 Å². The van der Waals surface area contributed by atoms with Crippen LogP contribution in [-0.4, -0.2) is 21.8 Å². The molecule has 0 saturated heterocycles. The Bertz CT molecular complexity index is 1270. The number of aliphatic imine (C=N–C) groups is 1. The number of rotatable bonds is 2. The molecule has 3 aromatic rings. The molecule has 1 N–H and O–H groups in total. The van der Waals surface area contributed by atoms with Crippen LogP contribution in [-0.2, 0) is 10.8 Å². The summed E-state index contributed by atoms with van der Waals surface area (Å²) in [6, 6.07) is 16.2. The Morgan fingerprint density at radius 2 is 1.62 bits per heavy atom. The number of carboxylic acid groups (broad SMARTS) is 1. The van der Waals surface area contributed by atoms with Gasteiger partial charge in [-0.05, 0) is 71.2 Å². The van der Waals surface area contributed by atoms with Crippen molar-refractivity contribution in [2.24, 2.45) is 4.99 Å². The van der Waals surface area contributed by atoms with Gasteiger partial charge in [-0.2, -0.15) is 0 Å². The Hall–Kier alpha value is -2.92. The highest BCUT2D eigenvalue weighted by Gasteiger charge is 2.38. The van der Waals surface area contributed by atoms with Gasteiger partial charge in [0.15, 0.2) is 0 Å². The maximum atomic E-state index is 11.3. The number of hydrogen-bond acceptors (Lipinski definition) is 4. The van der Waals surface area contributed by atoms with Crippen molar-refractivity contribution in [2.75, 3.05) is 0 Å². The fourth-order valence-corrected chi connectivity index (χ4v) is 5.70. The number of nitrogens with zero attached hydrogens (tertiary/aromatic N) is 2. The van der Waals surface area contributed by atoms with Crippen LogP contribution in [0, 0.1) is 0 Å². The standard InChI is InChI=1S/C27H26N2O2S/c1-26(2)11-12-27(3,4)19-14-23-17(13-18(19)26)24(21-10-9-16(15-28-21)25(30)31)29-20-7-5-6-8-22(20)32-23/h5-10,13-15H,11-12H2,1-4H3,(H,30,31). The summed E-state index contributed by atoms with van der Waals surface area (Å²) in [4.78, 5) is 23.1. The summed E-state index contributed by atoms with van der Waals surface area (Å²) in [6.07, 6.45) is 3.71. The lowest BCUT2D eigenvalue weighted by molar-refractivity contribution is 0.0696. The summed E-state index contributed by atoms with van der Waals surface area (Å²) in [7, 11) is 0. The van der Waals surface area contributed by atoms with Gasteiger partial charge in [-0.1, -0.05) is 51.6 Å². The third kappa shape index (κ3) is 3.45. The molecular weight excluding hydrogens is 416 g/mol. The summed E-state index contributed by atoms with van der Waals surface area (Å²) in [5.41, 5.74) is 6.59. The van der Waals surface area contributed by atoms with Crippen molar-refractivity contribution in [1.29, 1.82) is 0 Å². The van der Waals surface area contributed by atoms with Gasteiger partial charge in [0, 0.05) is 21.6 Å². The second-order valence-corrected chi connectivity index (χ2v) is 11.0. The van der Waals surface area contributed by atoms with Crippen molar-refractivity contribution >= 4 is 29.1 Å². The van der Waals surface area contributed by atoms with Crippen LogP contribution >= 0.6 is 11.8 Å². The maximum Gasteiger partial charge on any atom is 0.337 e. The molecule has 2 aliphatic rings. The molecule has 4 nitrogen and oxygen atoms in total. The van der Waals surface area contributed by atoms with Crippen LogP contribution in [0.1, 0.15) is 73.3 Å². The van der Waals surface area contributed by atoms with Crippen molar-refractivity contribution in [2.45, 2.75) is 61.2 Å². The molecule has 1 aromatic heterocycles. The Balaban J connectivity index is 1.78. The van der Waals surface area contributed by atoms with Crippen LogP contribution < -0.4 is 0 Å². The third-order valence-corrected chi connectivity index (χ3v) is 7.90. The van der Waals surface area contributed by atoms with E-state index in [2.05, 4.69) is 50.9 Å². The quantitative estimate of drug-likeness (QED) is 0.372. The first-order valence-electron chi connectivity index (χ1n) is 10.9. The molecule has 32 heavy (non-hydrogen) atoms. The van der Waals surface area contributed by atoms with Gasteiger partial charge >= 0.3 is 5.97 Å². The number of aromatic nitrogens is 1. The summed E-state index contributed by atoms with van der Waals surface area (Å²) in [6.45, 7) is 9.32. The maximum absolute atomic E-state index is 11.3. The van der Waals surface area contributed by atoms with Crippen molar-refractivity contribution in [3.63, 3.8) is 0 Å². The Labute approximate surface area is 192 Å². The molecule has 2 heterocycles. The van der Waals surface area contributed by atoms with Crippen molar-refractivity contribution in [3.8, 4) is 0 Å². The van der Waals surface area contributed by atoms with Crippen LogP contribution in [0.25, 0.3) is 0 Å². The fraction of sp³-hybridized carbons (Fsp3) is 0.296. The second kappa shape index (κ2) is 7.31. The van der Waals surface area contributed by atoms with E-state index < -0.39 is 5.97 Å². The lowest BCUT2D eigenvalue weighted by Crippen LogP contribution is -2.34. The number of fused-ring (bicyclic) bond motifs is 3. The molecule has 0 amide bonds. The number of carboxylic acids is 1. The molecule has 5 rings (SSSR count). The summed E-state index contributed by atoms with van der Waals surface area (Å²) in [5, 5.41) is 9.28. The summed E-state index contributed by atoms with van der Waals surface area (Å²) >= 11 is 1.75. The van der Waals surface area contributed by atoms with Crippen LogP contribution in [0.15, 0.2) is 69.5 Å². The first-order valence-corrected chi connectivity index (χ1v) is 11.7. The van der Waals surface area contributed by atoms with Crippen LogP contribution in [0.2, 0.25) is 0 Å². The largest absolute Gasteiger partial charge is 0.478 e. The van der Waals surface area contributed by atoms with Gasteiger partial charge in [0.25, 0.3) is 0 Å². The van der Waals surface area contributed by atoms with E-state index in [1.165, 1.54) is 22.2 Å². The molecule has 0 spiro atoms. The van der Waals surface area contributed by atoms with E-state index in [9.17, 15) is 9.90 Å². The molecule has 0 saturated carbocycles. The number of aromatic carboxylic acids is 1. The molecule has 162 valence electrons. The monoisotopic (exact) mass is 442 g/mol. The van der Waals surface area contributed by atoms with Gasteiger partial charge in [-0.25, -0.2) is 9.79 Å². The second-order valence-electron chi connectivity index (χ2n) is 9.93. The van der Waals surface area contributed by atoms with Gasteiger partial charge in [0.2, 0.25) is 0 Å². The van der Waals surface area contributed by atoms with Crippen LogP contribution in [0.3, 0.4) is 0 Å². The van der Waals surface area contributed by atoms with E-state index in [4.69, 9.17) is 4.99 Å². The average Bonchev–Trinajstić information content (AvgIpc) is 2.92. The number of carbonyl (C=O) groups is 1. The number of benzene rings is 2. The Morgan fingerprint density at radius 3 is 2.28 bits per heavy atom. The SMILES string of the molecule is CC1(C)CCC(C)(C)c2cc3c(cc21)Sc1ccccc1N=C3c1ccc(C(=O)O)cn1. The molecule has 0 bridgehead atoms. The number of pyridine rings is 1. The molecule has 1 aliphatic heterocycles. The number of para-hydroxylation sites is 1. The van der Waals surface area contributed by atoms with E-state index in [-0.39, 0.29) is 16.4 Å². The molecule has 0 radical (unpaired) electrons. The lowest BCUT2D eigenvalue weighted by Gasteiger charge is -2.42. The molecule has 0 unspecified atom stereocenters. The molecule has 2 aromatic carbocycles. The zero-order chi connectivity index (χ0) is 22.7. The summed E-state index contributed by atoms with van der Waals surface area (Å²) in [5.74, 6) is -0.980. The third-order valence-electron chi connectivity index (χ3n) is 6.78. The number of hydrogen-bond donors (Lipinski definition) is 1. The van der Waals surface area contributed by atoms with Gasteiger partial charge in [-0.15, -0.1) is 0 Å². The summed E-state index contributed by atoms with van der Waals surface area (Å²) < 4.78 is 0. The van der Waals surface area contributed by atoms with Crippen molar-refractivity contribution < 1.29 is 9.90 Å². The van der Waals surface area contributed by atoms with Gasteiger partial charge in [0.05, 0.1) is 22.7 Å². The van der Waals surface area contributed by atoms with Gasteiger partial charge in [-0.3, -0.25) is 4.98 Å². The van der Waals surface area contributed by atoms with Crippen LogP contribution in [0.4, 0.5) is 5.69 Å². The van der Waals surface area contributed by atoms with E-state index in [0.29, 0.717) is 5.69 Å². The van der Waals surface area contributed by atoms with Gasteiger partial charge < -0.3 is 5.11 Å². The fourth-order valence-electron chi connectivity index (χ4n) is 4.65. The first-order chi connectivity index (χ1) is 15.2. The van der Waals surface area contributed by atoms with E-state index in [0.717, 1.165) is 34.7 Å². The van der Waals surface area contributed by atoms with Gasteiger partial charge in [0.1, 0.15) is 0 Å². The smallest absolute Gasteiger partial charge is 0.337 e. The highest BCUT2D eigenvalue weighted by atomic mass is 32.2. The molecule has 0 atom stereocenters. The first kappa shape index (κ1) is 21.0. The minimum atomic E-state index is -0.980. The molecular formula is C27H26N2O2S. The minimum Gasteiger partial charge on any atom is -0.478 e. The predicted octanol–water partition coefficient (Wildman–Crippen LogP) is 6.76.